The molecule has 0 spiro atoms. The summed E-state index contributed by atoms with van der Waals surface area (Å²) in [6.07, 6.45) is -2.88. The summed E-state index contributed by atoms with van der Waals surface area (Å²) in [5, 5.41) is -1.22. The third-order valence-electron chi connectivity index (χ3n) is 7.80. The largest absolute Gasteiger partial charge is 0.497 e. The molecule has 1 aliphatic heterocycles. The average Bonchev–Trinajstić information content (AvgIpc) is 3.32. The smallest absolute Gasteiger partial charge is 0.419 e. The zero-order valence-corrected chi connectivity index (χ0v) is 28.3. The molecule has 7 nitrogen and oxygen atoms in total. The number of ether oxygens (including phenoxy) is 4. The standard InChI is InChI=1S/C33H47F3NO6P/c1-23-37-32(21-42-23,22-43-44(38,30(2,3)4)31(5,6)7)17-16-24-12-15-28(27(19-24)33(34,35)36)41-18-10-11-25-13-14-26(39-8)20-29(25)40-9/h12-15,19-20H,10-11,16-18,21-22H2,1-9H3. The van der Waals surface area contributed by atoms with Crippen molar-refractivity contribution in [1.29, 1.82) is 0 Å². The van der Waals surface area contributed by atoms with Crippen molar-refractivity contribution in [3.8, 4) is 17.2 Å². The Kier molecular flexibility index (Phi) is 11.2. The summed E-state index contributed by atoms with van der Waals surface area (Å²) in [6.45, 7) is 13.4. The second-order valence-electron chi connectivity index (χ2n) is 13.3. The fourth-order valence-electron chi connectivity index (χ4n) is 5.48. The molecule has 0 saturated heterocycles. The number of alkyl halides is 3. The van der Waals surface area contributed by atoms with E-state index in [-0.39, 0.29) is 25.6 Å². The molecule has 1 heterocycles. The molecule has 0 fully saturated rings. The van der Waals surface area contributed by atoms with E-state index < -0.39 is 35.0 Å². The van der Waals surface area contributed by atoms with E-state index in [2.05, 4.69) is 4.99 Å². The van der Waals surface area contributed by atoms with Gasteiger partial charge in [-0.05, 0) is 55.0 Å². The Balaban J connectivity index is 1.72. The number of hydrogen-bond acceptors (Lipinski definition) is 7. The minimum atomic E-state index is -4.59. The number of nitrogens with zero attached hydrogens (tertiary/aromatic N) is 1. The van der Waals surface area contributed by atoms with Gasteiger partial charge < -0.3 is 23.5 Å². The van der Waals surface area contributed by atoms with Crippen molar-refractivity contribution in [3.05, 3.63) is 53.1 Å². The van der Waals surface area contributed by atoms with Gasteiger partial charge in [0.2, 0.25) is 7.37 Å². The first-order valence-electron chi connectivity index (χ1n) is 14.8. The summed E-state index contributed by atoms with van der Waals surface area (Å²) >= 11 is 0. The summed E-state index contributed by atoms with van der Waals surface area (Å²) < 4.78 is 84.6. The summed E-state index contributed by atoms with van der Waals surface area (Å²) in [6, 6.07) is 9.61. The van der Waals surface area contributed by atoms with E-state index in [1.807, 2.05) is 53.7 Å². The lowest BCUT2D eigenvalue weighted by Gasteiger charge is -2.41. The van der Waals surface area contributed by atoms with Crippen molar-refractivity contribution in [3.63, 3.8) is 0 Å². The molecule has 0 bridgehead atoms. The van der Waals surface area contributed by atoms with Gasteiger partial charge >= 0.3 is 6.18 Å². The van der Waals surface area contributed by atoms with Crippen molar-refractivity contribution in [1.82, 2.24) is 0 Å². The molecule has 11 heteroatoms. The van der Waals surface area contributed by atoms with Crippen LogP contribution in [0.15, 0.2) is 41.4 Å². The van der Waals surface area contributed by atoms with Crippen LogP contribution in [0.5, 0.6) is 17.2 Å². The predicted octanol–water partition coefficient (Wildman–Crippen LogP) is 8.75. The van der Waals surface area contributed by atoms with E-state index in [0.29, 0.717) is 48.6 Å². The summed E-state index contributed by atoms with van der Waals surface area (Å²) in [5.41, 5.74) is -0.278. The normalized spacial score (nSPS) is 17.7. The van der Waals surface area contributed by atoms with Crippen LogP contribution in [0.1, 0.15) is 78.0 Å². The summed E-state index contributed by atoms with van der Waals surface area (Å²) in [7, 11) is -0.0529. The van der Waals surface area contributed by atoms with Gasteiger partial charge in [0.15, 0.2) is 5.90 Å². The number of aliphatic imine (C=N–C) groups is 1. The molecule has 1 unspecified atom stereocenters. The maximum Gasteiger partial charge on any atom is 0.419 e. The minimum absolute atomic E-state index is 0.0441. The van der Waals surface area contributed by atoms with E-state index in [0.717, 1.165) is 11.6 Å². The van der Waals surface area contributed by atoms with Gasteiger partial charge in [-0.3, -0.25) is 4.57 Å². The van der Waals surface area contributed by atoms with Crippen LogP contribution in [0, 0.1) is 0 Å². The lowest BCUT2D eigenvalue weighted by molar-refractivity contribution is -0.139. The van der Waals surface area contributed by atoms with Crippen LogP contribution < -0.4 is 14.2 Å². The number of halogens is 3. The van der Waals surface area contributed by atoms with E-state index in [4.69, 9.17) is 23.5 Å². The van der Waals surface area contributed by atoms with E-state index >= 15 is 0 Å². The second-order valence-corrected chi connectivity index (χ2v) is 17.3. The highest BCUT2D eigenvalue weighted by Crippen LogP contribution is 2.68. The molecule has 44 heavy (non-hydrogen) atoms. The molecule has 2 aromatic rings. The van der Waals surface area contributed by atoms with Gasteiger partial charge in [0, 0.05) is 23.3 Å². The lowest BCUT2D eigenvalue weighted by atomic mass is 9.93. The molecular weight excluding hydrogens is 594 g/mol. The van der Waals surface area contributed by atoms with Crippen molar-refractivity contribution in [2.75, 3.05) is 34.0 Å². The molecule has 0 amide bonds. The van der Waals surface area contributed by atoms with Gasteiger partial charge in [-0.1, -0.05) is 53.7 Å². The number of aryl methyl sites for hydroxylation is 2. The maximum atomic E-state index is 14.1. The quantitative estimate of drug-likeness (QED) is 0.161. The molecule has 3 rings (SSSR count). The molecular formula is C33H47F3NO6P. The molecule has 0 saturated carbocycles. The van der Waals surface area contributed by atoms with Crippen molar-refractivity contribution in [2.24, 2.45) is 4.99 Å². The zero-order chi connectivity index (χ0) is 33.0. The Morgan fingerprint density at radius 1 is 0.932 bits per heavy atom. The van der Waals surface area contributed by atoms with Crippen LogP contribution in [0.4, 0.5) is 13.2 Å². The molecule has 2 aromatic carbocycles. The van der Waals surface area contributed by atoms with Gasteiger partial charge in [0.05, 0.1) is 33.0 Å². The average molecular weight is 642 g/mol. The van der Waals surface area contributed by atoms with Crippen LogP contribution in [0.2, 0.25) is 0 Å². The summed E-state index contributed by atoms with van der Waals surface area (Å²) in [4.78, 5) is 4.67. The van der Waals surface area contributed by atoms with E-state index in [9.17, 15) is 17.7 Å². The molecule has 0 N–H and O–H groups in total. The Bertz CT molecular complexity index is 1340. The monoisotopic (exact) mass is 641 g/mol. The number of rotatable bonds is 13. The van der Waals surface area contributed by atoms with Gasteiger partial charge in [-0.25, -0.2) is 4.99 Å². The number of methoxy groups -OCH3 is 2. The van der Waals surface area contributed by atoms with Gasteiger partial charge in [0.1, 0.15) is 29.4 Å². The zero-order valence-electron chi connectivity index (χ0n) is 27.4. The molecule has 246 valence electrons. The first-order valence-corrected chi connectivity index (χ1v) is 16.4. The fraction of sp³-hybridized carbons (Fsp3) is 0.606. The first kappa shape index (κ1) is 35.8. The Morgan fingerprint density at radius 2 is 1.61 bits per heavy atom. The Hall–Kier alpha value is -2.71. The van der Waals surface area contributed by atoms with Crippen LogP contribution in [0.25, 0.3) is 0 Å². The Labute approximate surface area is 259 Å². The Morgan fingerprint density at radius 3 is 2.16 bits per heavy atom. The van der Waals surface area contributed by atoms with Crippen LogP contribution in [-0.2, 0) is 32.8 Å². The highest BCUT2D eigenvalue weighted by Gasteiger charge is 2.50. The van der Waals surface area contributed by atoms with Gasteiger partial charge in [0.25, 0.3) is 0 Å². The highest BCUT2D eigenvalue weighted by atomic mass is 31.2. The highest BCUT2D eigenvalue weighted by molar-refractivity contribution is 7.62. The van der Waals surface area contributed by atoms with Crippen molar-refractivity contribution in [2.45, 2.75) is 96.2 Å². The van der Waals surface area contributed by atoms with Crippen molar-refractivity contribution < 1.29 is 41.2 Å². The van der Waals surface area contributed by atoms with Crippen LogP contribution in [0.3, 0.4) is 0 Å². The first-order chi connectivity index (χ1) is 20.3. The molecule has 0 aromatic heterocycles. The topological polar surface area (TPSA) is 75.6 Å². The molecule has 0 aliphatic carbocycles. The lowest BCUT2D eigenvalue weighted by Crippen LogP contribution is -2.38. The van der Waals surface area contributed by atoms with Crippen LogP contribution in [-0.4, -0.2) is 55.8 Å². The summed E-state index contributed by atoms with van der Waals surface area (Å²) in [5.74, 6) is 1.57. The molecule has 0 radical (unpaired) electrons. The molecule has 1 aliphatic rings. The SMILES string of the molecule is COc1ccc(CCCOc2ccc(CCC3(COP(=O)(C(C)(C)C)C(C)(C)C)COC(C)=N3)cc2C(F)(F)F)c(OC)c1. The third kappa shape index (κ3) is 8.51. The third-order valence-corrected chi connectivity index (χ3v) is 11.8. The fourth-order valence-corrected chi connectivity index (χ4v) is 8.69. The number of hydrogen-bond donors (Lipinski definition) is 0. The molecule has 1 atom stereocenters. The second kappa shape index (κ2) is 13.7. The maximum absolute atomic E-state index is 14.1. The minimum Gasteiger partial charge on any atom is -0.497 e. The van der Waals surface area contributed by atoms with Gasteiger partial charge in [-0.2, -0.15) is 13.2 Å². The van der Waals surface area contributed by atoms with Crippen LogP contribution >= 0.6 is 7.37 Å². The van der Waals surface area contributed by atoms with Gasteiger partial charge in [-0.15, -0.1) is 0 Å². The number of benzene rings is 2. The van der Waals surface area contributed by atoms with E-state index in [1.165, 1.54) is 6.07 Å². The van der Waals surface area contributed by atoms with Crippen molar-refractivity contribution >= 4 is 13.3 Å². The van der Waals surface area contributed by atoms with E-state index in [1.54, 1.807) is 33.3 Å². The predicted molar refractivity (Wildman–Crippen MR) is 168 cm³/mol.